The van der Waals surface area contributed by atoms with E-state index in [9.17, 15) is 13.2 Å². The Kier molecular flexibility index (Phi) is 6.18. The van der Waals surface area contributed by atoms with Crippen LogP contribution in [-0.2, 0) is 21.4 Å². The lowest BCUT2D eigenvalue weighted by Gasteiger charge is -2.14. The molecule has 1 aliphatic rings. The van der Waals surface area contributed by atoms with Crippen molar-refractivity contribution in [3.05, 3.63) is 81.4 Å². The molecule has 6 nitrogen and oxygen atoms in total. The molecule has 0 unspecified atom stereocenters. The second-order valence-corrected chi connectivity index (χ2v) is 10.8. The number of hydrogen-bond acceptors (Lipinski definition) is 6. The molecule has 0 radical (unpaired) electrons. The van der Waals surface area contributed by atoms with Crippen molar-refractivity contribution < 1.29 is 17.6 Å². The number of primary sulfonamides is 1. The molecule has 10 heteroatoms. The smallest absolute Gasteiger partial charge is 0.266 e. The third-order valence-corrected chi connectivity index (χ3v) is 7.27. The van der Waals surface area contributed by atoms with Crippen LogP contribution in [0.1, 0.15) is 11.3 Å². The number of benzene rings is 2. The molecule has 1 saturated heterocycles. The van der Waals surface area contributed by atoms with Crippen LogP contribution >= 0.6 is 39.9 Å². The quantitative estimate of drug-likeness (QED) is 0.374. The summed E-state index contributed by atoms with van der Waals surface area (Å²) < 4.78 is 30.0. The van der Waals surface area contributed by atoms with Crippen LogP contribution < -0.4 is 5.14 Å². The molecule has 1 aromatic heterocycles. The predicted molar refractivity (Wildman–Crippen MR) is 128 cm³/mol. The summed E-state index contributed by atoms with van der Waals surface area (Å²) in [6.07, 6.45) is 1.66. The number of rotatable bonds is 5. The van der Waals surface area contributed by atoms with Gasteiger partial charge in [-0.3, -0.25) is 9.69 Å². The van der Waals surface area contributed by atoms with Crippen LogP contribution in [0.2, 0.25) is 0 Å². The number of nitrogens with two attached hydrogens (primary N) is 1. The van der Waals surface area contributed by atoms with Crippen LogP contribution in [0.4, 0.5) is 0 Å². The largest absolute Gasteiger partial charge is 0.457 e. The van der Waals surface area contributed by atoms with E-state index in [0.717, 1.165) is 10.0 Å². The van der Waals surface area contributed by atoms with E-state index in [1.54, 1.807) is 35.2 Å². The topological polar surface area (TPSA) is 93.6 Å². The normalized spacial score (nSPS) is 15.8. The minimum absolute atomic E-state index is 0.0251. The number of thioether (sulfide) groups is 1. The molecule has 0 atom stereocenters. The van der Waals surface area contributed by atoms with Crippen LogP contribution in [0, 0.1) is 0 Å². The molecule has 158 valence electrons. The van der Waals surface area contributed by atoms with Crippen LogP contribution in [0.5, 0.6) is 0 Å². The first-order valence-electron chi connectivity index (χ1n) is 8.93. The van der Waals surface area contributed by atoms with E-state index < -0.39 is 10.0 Å². The molecule has 0 bridgehead atoms. The third-order valence-electron chi connectivity index (χ3n) is 4.47. The van der Waals surface area contributed by atoms with Gasteiger partial charge < -0.3 is 4.42 Å². The van der Waals surface area contributed by atoms with E-state index in [1.807, 2.05) is 24.3 Å². The van der Waals surface area contributed by atoms with Crippen molar-refractivity contribution in [3.63, 3.8) is 0 Å². The van der Waals surface area contributed by atoms with Gasteiger partial charge in [0.1, 0.15) is 15.8 Å². The van der Waals surface area contributed by atoms with E-state index in [-0.39, 0.29) is 10.8 Å². The summed E-state index contributed by atoms with van der Waals surface area (Å²) in [7, 11) is -3.75. The predicted octanol–water partition coefficient (Wildman–Crippen LogP) is 4.76. The molecular weight excluding hydrogens is 520 g/mol. The van der Waals surface area contributed by atoms with Crippen LogP contribution in [0.3, 0.4) is 0 Å². The zero-order chi connectivity index (χ0) is 22.2. The van der Waals surface area contributed by atoms with Gasteiger partial charge in [0.15, 0.2) is 0 Å². The van der Waals surface area contributed by atoms with Crippen LogP contribution in [-0.4, -0.2) is 23.5 Å². The molecule has 0 spiro atoms. The van der Waals surface area contributed by atoms with Gasteiger partial charge in [-0.25, -0.2) is 13.6 Å². The number of furan rings is 1. The molecular formula is C21H15BrN2O4S3. The summed E-state index contributed by atoms with van der Waals surface area (Å²) in [4.78, 5) is 14.9. The van der Waals surface area contributed by atoms with Gasteiger partial charge in [0.25, 0.3) is 5.91 Å². The third kappa shape index (κ3) is 4.99. The molecule has 2 aromatic carbocycles. The number of carbonyl (C=O) groups excluding carboxylic acids is 1. The summed E-state index contributed by atoms with van der Waals surface area (Å²) in [6.45, 7) is 0.390. The molecule has 31 heavy (non-hydrogen) atoms. The van der Waals surface area contributed by atoms with Gasteiger partial charge >= 0.3 is 0 Å². The number of hydrogen-bond donors (Lipinski definition) is 1. The first-order valence-corrected chi connectivity index (χ1v) is 12.5. The van der Waals surface area contributed by atoms with Gasteiger partial charge in [0.2, 0.25) is 10.0 Å². The maximum absolute atomic E-state index is 12.8. The summed E-state index contributed by atoms with van der Waals surface area (Å²) in [5.74, 6) is 0.857. The molecule has 0 aliphatic carbocycles. The van der Waals surface area contributed by atoms with Gasteiger partial charge in [-0.05, 0) is 54.1 Å². The van der Waals surface area contributed by atoms with E-state index in [0.29, 0.717) is 32.9 Å². The SMILES string of the molecule is NS(=O)(=O)c1ccc(-c2ccc(/C=C3\SC(=S)N(Cc4cccc(Br)c4)C3=O)o2)cc1. The zero-order valence-corrected chi connectivity index (χ0v) is 19.9. The fraction of sp³-hybridized carbons (Fsp3) is 0.0476. The van der Waals surface area contributed by atoms with Crippen molar-refractivity contribution in [2.75, 3.05) is 0 Å². The lowest BCUT2D eigenvalue weighted by molar-refractivity contribution is -0.122. The Morgan fingerprint density at radius 3 is 2.55 bits per heavy atom. The lowest BCUT2D eigenvalue weighted by atomic mass is 10.2. The summed E-state index contributed by atoms with van der Waals surface area (Å²) in [6, 6.07) is 17.3. The maximum Gasteiger partial charge on any atom is 0.266 e. The number of nitrogens with zero attached hydrogens (tertiary/aromatic N) is 1. The maximum atomic E-state index is 12.8. The first kappa shape index (κ1) is 22.0. The summed E-state index contributed by atoms with van der Waals surface area (Å²) >= 11 is 10.1. The highest BCUT2D eigenvalue weighted by molar-refractivity contribution is 9.10. The fourth-order valence-electron chi connectivity index (χ4n) is 2.98. The number of amides is 1. The molecule has 0 saturated carbocycles. The van der Waals surface area contributed by atoms with Gasteiger partial charge in [-0.2, -0.15) is 0 Å². The van der Waals surface area contributed by atoms with E-state index in [1.165, 1.54) is 23.9 Å². The summed E-state index contributed by atoms with van der Waals surface area (Å²) in [5, 5.41) is 5.12. The Morgan fingerprint density at radius 1 is 1.13 bits per heavy atom. The highest BCUT2D eigenvalue weighted by atomic mass is 79.9. The van der Waals surface area contributed by atoms with Crippen molar-refractivity contribution in [2.45, 2.75) is 11.4 Å². The monoisotopic (exact) mass is 534 g/mol. The number of halogens is 1. The number of sulfonamides is 1. The first-order chi connectivity index (χ1) is 14.7. The minimum atomic E-state index is -3.75. The van der Waals surface area contributed by atoms with Crippen molar-refractivity contribution in [2.24, 2.45) is 5.14 Å². The van der Waals surface area contributed by atoms with Crippen molar-refractivity contribution in [1.82, 2.24) is 4.90 Å². The summed E-state index contributed by atoms with van der Waals surface area (Å²) in [5.41, 5.74) is 1.66. The molecule has 1 aliphatic heterocycles. The average Bonchev–Trinajstić information content (AvgIpc) is 3.28. The highest BCUT2D eigenvalue weighted by Crippen LogP contribution is 2.34. The molecule has 4 rings (SSSR count). The molecule has 1 fully saturated rings. The molecule has 2 heterocycles. The van der Waals surface area contributed by atoms with Gasteiger partial charge in [-0.15, -0.1) is 0 Å². The van der Waals surface area contributed by atoms with Crippen molar-refractivity contribution >= 4 is 66.2 Å². The van der Waals surface area contributed by atoms with E-state index in [4.69, 9.17) is 21.8 Å². The Morgan fingerprint density at radius 2 is 1.87 bits per heavy atom. The van der Waals surface area contributed by atoms with Gasteiger partial charge in [-0.1, -0.05) is 52.0 Å². The number of carbonyl (C=O) groups is 1. The van der Waals surface area contributed by atoms with Crippen molar-refractivity contribution in [3.8, 4) is 11.3 Å². The zero-order valence-electron chi connectivity index (χ0n) is 15.8. The number of thiocarbonyl (C=S) groups is 1. The standard InChI is InChI=1S/C21H15BrN2O4S3/c22-15-3-1-2-13(10-15)12-24-20(25)19(30-21(24)29)11-16-6-9-18(28-16)14-4-7-17(8-5-14)31(23,26)27/h1-11H,12H2,(H2,23,26,27)/b19-11-. The Bertz CT molecular complexity index is 1310. The van der Waals surface area contributed by atoms with Gasteiger partial charge in [0, 0.05) is 16.1 Å². The van der Waals surface area contributed by atoms with E-state index >= 15 is 0 Å². The van der Waals surface area contributed by atoms with Crippen LogP contribution in [0.15, 0.2) is 79.4 Å². The average molecular weight is 535 g/mol. The minimum Gasteiger partial charge on any atom is -0.457 e. The van der Waals surface area contributed by atoms with Crippen molar-refractivity contribution in [1.29, 1.82) is 0 Å². The van der Waals surface area contributed by atoms with Gasteiger partial charge in [0.05, 0.1) is 16.3 Å². The highest BCUT2D eigenvalue weighted by Gasteiger charge is 2.32. The Labute approximate surface area is 197 Å². The van der Waals surface area contributed by atoms with E-state index in [2.05, 4.69) is 15.9 Å². The second kappa shape index (κ2) is 8.71. The molecule has 1 amide bonds. The van der Waals surface area contributed by atoms with Crippen LogP contribution in [0.25, 0.3) is 17.4 Å². The molecule has 2 N–H and O–H groups in total. The molecule has 3 aromatic rings. The Balaban J connectivity index is 1.52. The Hall–Kier alpha value is -2.24. The fourth-order valence-corrected chi connectivity index (χ4v) is 5.18. The lowest BCUT2D eigenvalue weighted by Crippen LogP contribution is -2.27. The second-order valence-electron chi connectivity index (χ2n) is 6.67.